The molecule has 0 bridgehead atoms. The lowest BCUT2D eigenvalue weighted by Crippen LogP contribution is -2.48. The Balaban J connectivity index is 2.48. The molecule has 0 aromatic rings. The highest BCUT2D eigenvalue weighted by atomic mass is 16.5. The fourth-order valence-electron chi connectivity index (χ4n) is 1.50. The van der Waals surface area contributed by atoms with E-state index < -0.39 is 5.97 Å². The third-order valence-corrected chi connectivity index (χ3v) is 2.13. The molecule has 1 rings (SSSR count). The van der Waals surface area contributed by atoms with Crippen LogP contribution in [0.3, 0.4) is 0 Å². The molecule has 4 heteroatoms. The molecule has 2 N–H and O–H groups in total. The molecule has 2 atom stereocenters. The third kappa shape index (κ3) is 2.82. The average Bonchev–Trinajstić information content (AvgIpc) is 2.03. The molecule has 1 aliphatic heterocycles. The van der Waals surface area contributed by atoms with Crippen LogP contribution in [0.2, 0.25) is 0 Å². The highest BCUT2D eigenvalue weighted by Crippen LogP contribution is 2.14. The van der Waals surface area contributed by atoms with Crippen LogP contribution >= 0.6 is 0 Å². The van der Waals surface area contributed by atoms with E-state index in [0.29, 0.717) is 12.2 Å². The summed E-state index contributed by atoms with van der Waals surface area (Å²) in [5, 5.41) is 11.8. The van der Waals surface area contributed by atoms with Crippen molar-refractivity contribution in [3.63, 3.8) is 0 Å². The van der Waals surface area contributed by atoms with Gasteiger partial charge in [0.15, 0.2) is 0 Å². The Kier molecular flexibility index (Phi) is 3.45. The van der Waals surface area contributed by atoms with Crippen molar-refractivity contribution in [3.8, 4) is 0 Å². The summed E-state index contributed by atoms with van der Waals surface area (Å²) >= 11 is 0. The van der Waals surface area contributed by atoms with Crippen molar-refractivity contribution in [3.05, 3.63) is 12.2 Å². The Hall–Kier alpha value is -0.870. The molecule has 0 aromatic heterocycles. The minimum Gasteiger partial charge on any atom is -0.481 e. The lowest BCUT2D eigenvalue weighted by molar-refractivity contribution is -0.136. The van der Waals surface area contributed by atoms with Crippen LogP contribution in [0.4, 0.5) is 0 Å². The summed E-state index contributed by atoms with van der Waals surface area (Å²) in [6, 6.07) is -0.0233. The molecule has 13 heavy (non-hydrogen) atoms. The Bertz CT molecular complexity index is 215. The van der Waals surface area contributed by atoms with Crippen LogP contribution in [0, 0.1) is 0 Å². The summed E-state index contributed by atoms with van der Waals surface area (Å²) in [7, 11) is 0. The first-order valence-corrected chi connectivity index (χ1v) is 4.35. The molecule has 0 saturated carbocycles. The number of hydrogen-bond donors (Lipinski definition) is 2. The molecule has 0 spiro atoms. The SMILES string of the molecule is C=C(CC(=O)O)[C@@H]1NCCO[C@H]1C. The van der Waals surface area contributed by atoms with E-state index in [1.165, 1.54) is 0 Å². The summed E-state index contributed by atoms with van der Waals surface area (Å²) in [6.07, 6.45) is 0.0198. The zero-order chi connectivity index (χ0) is 9.84. The lowest BCUT2D eigenvalue weighted by atomic mass is 10.00. The number of aliphatic carboxylic acids is 1. The van der Waals surface area contributed by atoms with Gasteiger partial charge >= 0.3 is 5.97 Å². The van der Waals surface area contributed by atoms with Crippen molar-refractivity contribution in [1.82, 2.24) is 5.32 Å². The van der Waals surface area contributed by atoms with E-state index in [9.17, 15) is 4.79 Å². The highest BCUT2D eigenvalue weighted by Gasteiger charge is 2.24. The van der Waals surface area contributed by atoms with Gasteiger partial charge in [-0.1, -0.05) is 6.58 Å². The number of hydrogen-bond acceptors (Lipinski definition) is 3. The van der Waals surface area contributed by atoms with Crippen molar-refractivity contribution in [2.45, 2.75) is 25.5 Å². The van der Waals surface area contributed by atoms with E-state index in [1.54, 1.807) is 0 Å². The minimum atomic E-state index is -0.843. The molecular weight excluding hydrogens is 170 g/mol. The molecule has 1 aliphatic rings. The largest absolute Gasteiger partial charge is 0.481 e. The first-order chi connectivity index (χ1) is 6.11. The van der Waals surface area contributed by atoms with E-state index >= 15 is 0 Å². The number of carbonyl (C=O) groups is 1. The number of carboxylic acid groups (broad SMARTS) is 1. The van der Waals surface area contributed by atoms with Gasteiger partial charge in [-0.3, -0.25) is 4.79 Å². The monoisotopic (exact) mass is 185 g/mol. The molecule has 1 saturated heterocycles. The Morgan fingerprint density at radius 2 is 2.46 bits per heavy atom. The van der Waals surface area contributed by atoms with Gasteiger partial charge in [0.05, 0.1) is 25.2 Å². The summed E-state index contributed by atoms with van der Waals surface area (Å²) in [6.45, 7) is 7.10. The minimum absolute atomic E-state index is 0.00532. The molecule has 0 aliphatic carbocycles. The fraction of sp³-hybridized carbons (Fsp3) is 0.667. The molecule has 74 valence electrons. The van der Waals surface area contributed by atoms with E-state index in [2.05, 4.69) is 11.9 Å². The molecule has 0 aromatic carbocycles. The smallest absolute Gasteiger partial charge is 0.307 e. The maximum absolute atomic E-state index is 10.4. The quantitative estimate of drug-likeness (QED) is 0.625. The molecule has 4 nitrogen and oxygen atoms in total. The van der Waals surface area contributed by atoms with Crippen molar-refractivity contribution in [2.24, 2.45) is 0 Å². The van der Waals surface area contributed by atoms with Gasteiger partial charge in [0, 0.05) is 6.54 Å². The summed E-state index contributed by atoms with van der Waals surface area (Å²) in [5.74, 6) is -0.843. The number of ether oxygens (including phenoxy) is 1. The molecule has 0 amide bonds. The van der Waals surface area contributed by atoms with E-state index in [-0.39, 0.29) is 18.6 Å². The van der Waals surface area contributed by atoms with Gasteiger partial charge in [-0.15, -0.1) is 0 Å². The van der Waals surface area contributed by atoms with Gasteiger partial charge in [-0.25, -0.2) is 0 Å². The van der Waals surface area contributed by atoms with Gasteiger partial charge in [-0.2, -0.15) is 0 Å². The van der Waals surface area contributed by atoms with Crippen LogP contribution in [0.15, 0.2) is 12.2 Å². The second-order valence-corrected chi connectivity index (χ2v) is 3.24. The highest BCUT2D eigenvalue weighted by molar-refractivity contribution is 5.70. The number of carboxylic acids is 1. The van der Waals surface area contributed by atoms with Crippen molar-refractivity contribution in [2.75, 3.05) is 13.2 Å². The second kappa shape index (κ2) is 4.39. The number of rotatable bonds is 3. The van der Waals surface area contributed by atoms with Crippen molar-refractivity contribution in [1.29, 1.82) is 0 Å². The Morgan fingerprint density at radius 3 is 3.00 bits per heavy atom. The van der Waals surface area contributed by atoms with Crippen LogP contribution in [0.5, 0.6) is 0 Å². The van der Waals surface area contributed by atoms with Crippen molar-refractivity contribution >= 4 is 5.97 Å². The normalized spacial score (nSPS) is 28.4. The standard InChI is InChI=1S/C9H15NO3/c1-6(5-8(11)12)9-7(2)13-4-3-10-9/h7,9-10H,1,3-5H2,2H3,(H,11,12)/t7-,9-/m0/s1. The topological polar surface area (TPSA) is 58.6 Å². The number of morpholine rings is 1. The summed E-state index contributed by atoms with van der Waals surface area (Å²) in [5.41, 5.74) is 0.680. The van der Waals surface area contributed by atoms with Gasteiger partial charge in [0.1, 0.15) is 0 Å². The summed E-state index contributed by atoms with van der Waals surface area (Å²) < 4.78 is 5.38. The predicted octanol–water partition coefficient (Wildman–Crippen LogP) is 0.394. The van der Waals surface area contributed by atoms with E-state index in [4.69, 9.17) is 9.84 Å². The number of nitrogens with one attached hydrogen (secondary N) is 1. The first-order valence-electron chi connectivity index (χ1n) is 4.35. The van der Waals surface area contributed by atoms with Crippen molar-refractivity contribution < 1.29 is 14.6 Å². The molecular formula is C9H15NO3. The van der Waals surface area contributed by atoms with Gasteiger partial charge < -0.3 is 15.2 Å². The van der Waals surface area contributed by atoms with Crippen LogP contribution in [0.25, 0.3) is 0 Å². The molecule has 1 fully saturated rings. The van der Waals surface area contributed by atoms with Gasteiger partial charge in [0.2, 0.25) is 0 Å². The zero-order valence-electron chi connectivity index (χ0n) is 7.75. The van der Waals surface area contributed by atoms with Crippen LogP contribution in [-0.4, -0.2) is 36.4 Å². The molecule has 0 unspecified atom stereocenters. The lowest BCUT2D eigenvalue weighted by Gasteiger charge is -2.31. The molecule has 1 heterocycles. The average molecular weight is 185 g/mol. The Morgan fingerprint density at radius 1 is 1.77 bits per heavy atom. The predicted molar refractivity (Wildman–Crippen MR) is 48.6 cm³/mol. The third-order valence-electron chi connectivity index (χ3n) is 2.13. The first kappa shape index (κ1) is 10.2. The maximum atomic E-state index is 10.4. The Labute approximate surface area is 77.6 Å². The van der Waals surface area contributed by atoms with E-state index in [0.717, 1.165) is 6.54 Å². The van der Waals surface area contributed by atoms with Crippen LogP contribution in [0.1, 0.15) is 13.3 Å². The van der Waals surface area contributed by atoms with Crippen LogP contribution in [-0.2, 0) is 9.53 Å². The summed E-state index contributed by atoms with van der Waals surface area (Å²) in [4.78, 5) is 10.4. The van der Waals surface area contributed by atoms with Gasteiger partial charge in [-0.05, 0) is 12.5 Å². The zero-order valence-corrected chi connectivity index (χ0v) is 7.75. The van der Waals surface area contributed by atoms with Gasteiger partial charge in [0.25, 0.3) is 0 Å². The maximum Gasteiger partial charge on any atom is 0.307 e. The molecule has 0 radical (unpaired) electrons. The fourth-order valence-corrected chi connectivity index (χ4v) is 1.50. The second-order valence-electron chi connectivity index (χ2n) is 3.24. The van der Waals surface area contributed by atoms with E-state index in [1.807, 2.05) is 6.92 Å². The van der Waals surface area contributed by atoms with Crippen LogP contribution < -0.4 is 5.32 Å².